The number of carbonyl (C=O) groups is 1. The molecule has 0 bridgehead atoms. The van der Waals surface area contributed by atoms with Gasteiger partial charge in [0.25, 0.3) is 0 Å². The first kappa shape index (κ1) is 16.3. The van der Waals surface area contributed by atoms with E-state index in [2.05, 4.69) is 0 Å². The van der Waals surface area contributed by atoms with E-state index in [4.69, 9.17) is 27.9 Å². The van der Waals surface area contributed by atoms with Crippen LogP contribution < -0.4 is 0 Å². The monoisotopic (exact) mass is 304 g/mol. The fourth-order valence-electron chi connectivity index (χ4n) is 2.34. The van der Waals surface area contributed by atoms with E-state index in [9.17, 15) is 9.90 Å². The van der Waals surface area contributed by atoms with Gasteiger partial charge in [-0.05, 0) is 18.9 Å². The number of hydrogen-bond acceptors (Lipinski definition) is 3. The summed E-state index contributed by atoms with van der Waals surface area (Å²) >= 11 is 12.1. The molecule has 19 heavy (non-hydrogen) atoms. The van der Waals surface area contributed by atoms with Crippen molar-refractivity contribution < 1.29 is 14.6 Å². The van der Waals surface area contributed by atoms with Gasteiger partial charge < -0.3 is 9.84 Å². The molecule has 0 amide bonds. The fourth-order valence-corrected chi connectivity index (χ4v) is 2.83. The Morgan fingerprint density at radius 2 is 1.95 bits per heavy atom. The van der Waals surface area contributed by atoms with E-state index in [1.165, 1.54) is 7.11 Å². The van der Waals surface area contributed by atoms with Crippen LogP contribution in [-0.2, 0) is 15.1 Å². The second-order valence-electron chi connectivity index (χ2n) is 4.99. The van der Waals surface area contributed by atoms with Gasteiger partial charge in [0.2, 0.25) is 0 Å². The number of carbonyl (C=O) groups excluding carboxylic acids is 1. The van der Waals surface area contributed by atoms with Gasteiger partial charge in [0.05, 0.1) is 23.1 Å². The number of methoxy groups -OCH3 is 1. The third kappa shape index (κ3) is 3.22. The standard InChI is InChI=1S/C14H18Cl2O3/c1-8(2)11(13(17)19-4)14(3,18)9-6-5-7-10(15)12(9)16/h5-8,11,18H,1-4H3. The van der Waals surface area contributed by atoms with Crippen LogP contribution in [0.15, 0.2) is 18.2 Å². The zero-order chi connectivity index (χ0) is 14.8. The van der Waals surface area contributed by atoms with E-state index < -0.39 is 17.5 Å². The number of rotatable bonds is 4. The minimum Gasteiger partial charge on any atom is -0.469 e. The molecule has 1 rings (SSSR count). The molecule has 0 aliphatic carbocycles. The van der Waals surface area contributed by atoms with Crippen molar-refractivity contribution in [3.8, 4) is 0 Å². The average molecular weight is 305 g/mol. The third-order valence-electron chi connectivity index (χ3n) is 3.22. The van der Waals surface area contributed by atoms with E-state index in [0.29, 0.717) is 10.6 Å². The summed E-state index contributed by atoms with van der Waals surface area (Å²) in [5.41, 5.74) is -1.03. The smallest absolute Gasteiger partial charge is 0.312 e. The summed E-state index contributed by atoms with van der Waals surface area (Å²) in [7, 11) is 1.30. The van der Waals surface area contributed by atoms with Crippen molar-refractivity contribution in [1.29, 1.82) is 0 Å². The molecule has 1 aromatic rings. The van der Waals surface area contributed by atoms with Crippen LogP contribution in [0.25, 0.3) is 0 Å². The second kappa shape index (κ2) is 6.12. The summed E-state index contributed by atoms with van der Waals surface area (Å²) in [5.74, 6) is -1.32. The van der Waals surface area contributed by atoms with Crippen LogP contribution >= 0.6 is 23.2 Å². The number of esters is 1. The molecule has 1 N–H and O–H groups in total. The predicted octanol–water partition coefficient (Wildman–Crippen LogP) is 3.65. The van der Waals surface area contributed by atoms with Crippen molar-refractivity contribution in [3.05, 3.63) is 33.8 Å². The Hall–Kier alpha value is -0.770. The SMILES string of the molecule is COC(=O)C(C(C)C)C(C)(O)c1cccc(Cl)c1Cl. The van der Waals surface area contributed by atoms with E-state index in [1.54, 1.807) is 25.1 Å². The third-order valence-corrected chi connectivity index (χ3v) is 4.04. The summed E-state index contributed by atoms with van der Waals surface area (Å²) < 4.78 is 4.78. The number of hydrogen-bond donors (Lipinski definition) is 1. The maximum Gasteiger partial charge on any atom is 0.312 e. The molecule has 0 aliphatic rings. The first-order valence-corrected chi connectivity index (χ1v) is 6.73. The van der Waals surface area contributed by atoms with Gasteiger partial charge in [-0.2, -0.15) is 0 Å². The topological polar surface area (TPSA) is 46.5 Å². The van der Waals surface area contributed by atoms with Crippen molar-refractivity contribution in [3.63, 3.8) is 0 Å². The summed E-state index contributed by atoms with van der Waals surface area (Å²) in [6.45, 7) is 5.23. The molecule has 0 saturated carbocycles. The summed E-state index contributed by atoms with van der Waals surface area (Å²) in [5, 5.41) is 11.4. The van der Waals surface area contributed by atoms with Gasteiger partial charge in [-0.25, -0.2) is 0 Å². The summed E-state index contributed by atoms with van der Waals surface area (Å²) in [6, 6.07) is 4.98. The van der Waals surface area contributed by atoms with E-state index in [1.807, 2.05) is 13.8 Å². The molecule has 0 fully saturated rings. The maximum atomic E-state index is 11.9. The van der Waals surface area contributed by atoms with Gasteiger partial charge in [-0.1, -0.05) is 49.2 Å². The molecule has 0 aliphatic heterocycles. The molecular weight excluding hydrogens is 287 g/mol. The quantitative estimate of drug-likeness (QED) is 0.864. The van der Waals surface area contributed by atoms with Crippen molar-refractivity contribution in [2.45, 2.75) is 26.4 Å². The molecule has 5 heteroatoms. The molecule has 0 radical (unpaired) electrons. The number of halogens is 2. The molecule has 0 aromatic heterocycles. The maximum absolute atomic E-state index is 11.9. The van der Waals surface area contributed by atoms with Gasteiger partial charge in [0.15, 0.2) is 0 Å². The Kier molecular flexibility index (Phi) is 5.25. The van der Waals surface area contributed by atoms with E-state index in [0.717, 1.165) is 0 Å². The van der Waals surface area contributed by atoms with Gasteiger partial charge in [-0.3, -0.25) is 4.79 Å². The van der Waals surface area contributed by atoms with Crippen LogP contribution in [0.1, 0.15) is 26.3 Å². The Bertz CT molecular complexity index is 470. The lowest BCUT2D eigenvalue weighted by Crippen LogP contribution is -2.41. The van der Waals surface area contributed by atoms with Crippen LogP contribution in [0.5, 0.6) is 0 Å². The minimum absolute atomic E-state index is 0.113. The van der Waals surface area contributed by atoms with Crippen molar-refractivity contribution in [2.24, 2.45) is 11.8 Å². The molecule has 2 atom stereocenters. The lowest BCUT2D eigenvalue weighted by Gasteiger charge is -2.34. The molecule has 2 unspecified atom stereocenters. The number of aliphatic hydroxyl groups is 1. The Morgan fingerprint density at radius 1 is 1.37 bits per heavy atom. The first-order valence-electron chi connectivity index (χ1n) is 5.98. The predicted molar refractivity (Wildman–Crippen MR) is 76.4 cm³/mol. The van der Waals surface area contributed by atoms with Crippen LogP contribution in [-0.4, -0.2) is 18.2 Å². The lowest BCUT2D eigenvalue weighted by atomic mass is 9.76. The van der Waals surface area contributed by atoms with Gasteiger partial charge in [0.1, 0.15) is 5.60 Å². The molecule has 1 aromatic carbocycles. The highest BCUT2D eigenvalue weighted by Gasteiger charge is 2.43. The van der Waals surface area contributed by atoms with Gasteiger partial charge in [-0.15, -0.1) is 0 Å². The molecular formula is C14H18Cl2O3. The van der Waals surface area contributed by atoms with Crippen molar-refractivity contribution in [1.82, 2.24) is 0 Å². The lowest BCUT2D eigenvalue weighted by molar-refractivity contribution is -0.159. The highest BCUT2D eigenvalue weighted by atomic mass is 35.5. The normalized spacial score (nSPS) is 16.0. The number of benzene rings is 1. The molecule has 106 valence electrons. The second-order valence-corrected chi connectivity index (χ2v) is 5.78. The van der Waals surface area contributed by atoms with Gasteiger partial charge in [0, 0.05) is 5.56 Å². The zero-order valence-electron chi connectivity index (χ0n) is 11.4. The van der Waals surface area contributed by atoms with E-state index >= 15 is 0 Å². The van der Waals surface area contributed by atoms with Gasteiger partial charge >= 0.3 is 5.97 Å². The Morgan fingerprint density at radius 3 is 2.42 bits per heavy atom. The molecule has 0 spiro atoms. The largest absolute Gasteiger partial charge is 0.469 e. The van der Waals surface area contributed by atoms with Crippen LogP contribution in [0.2, 0.25) is 10.0 Å². The van der Waals surface area contributed by atoms with Crippen LogP contribution in [0.3, 0.4) is 0 Å². The van der Waals surface area contributed by atoms with Crippen LogP contribution in [0, 0.1) is 11.8 Å². The average Bonchev–Trinajstić information content (AvgIpc) is 2.31. The number of ether oxygens (including phenoxy) is 1. The highest BCUT2D eigenvalue weighted by Crippen LogP contribution is 2.40. The van der Waals surface area contributed by atoms with Crippen molar-refractivity contribution in [2.75, 3.05) is 7.11 Å². The fraction of sp³-hybridized carbons (Fsp3) is 0.500. The highest BCUT2D eigenvalue weighted by molar-refractivity contribution is 6.42. The molecule has 0 heterocycles. The molecule has 0 saturated heterocycles. The molecule has 3 nitrogen and oxygen atoms in total. The minimum atomic E-state index is -1.46. The van der Waals surface area contributed by atoms with Crippen molar-refractivity contribution >= 4 is 29.2 Å². The van der Waals surface area contributed by atoms with E-state index in [-0.39, 0.29) is 10.9 Å². The van der Waals surface area contributed by atoms with Crippen LogP contribution in [0.4, 0.5) is 0 Å². The zero-order valence-corrected chi connectivity index (χ0v) is 12.9. The summed E-state index contributed by atoms with van der Waals surface area (Å²) in [4.78, 5) is 11.9. The Balaban J connectivity index is 3.34. The summed E-state index contributed by atoms with van der Waals surface area (Å²) in [6.07, 6.45) is 0. The Labute approximate surface area is 123 Å². The first-order chi connectivity index (χ1) is 8.73.